The van der Waals surface area contributed by atoms with Crippen LogP contribution in [0.5, 0.6) is 0 Å². The second kappa shape index (κ2) is 6.52. The summed E-state index contributed by atoms with van der Waals surface area (Å²) in [4.78, 5) is 12.2. The topological polar surface area (TPSA) is 58.4 Å². The van der Waals surface area contributed by atoms with Crippen LogP contribution >= 0.6 is 11.6 Å². The number of hydrogen-bond acceptors (Lipinski definition) is 4. The number of anilines is 1. The van der Waals surface area contributed by atoms with Gasteiger partial charge in [0, 0.05) is 18.7 Å². The highest BCUT2D eigenvalue weighted by Crippen LogP contribution is 2.41. The summed E-state index contributed by atoms with van der Waals surface area (Å²) in [5.41, 5.74) is -1.83. The van der Waals surface area contributed by atoms with E-state index >= 15 is 0 Å². The Morgan fingerprint density at radius 1 is 1.43 bits per heavy atom. The number of nitro groups is 1. The molecule has 0 aromatic heterocycles. The summed E-state index contributed by atoms with van der Waals surface area (Å²) in [5.74, 6) is 0.501. The fourth-order valence-corrected chi connectivity index (χ4v) is 2.81. The number of benzene rings is 1. The summed E-state index contributed by atoms with van der Waals surface area (Å²) in [6.45, 7) is 0.403. The molecule has 128 valence electrons. The quantitative estimate of drug-likeness (QED) is 0.621. The Bertz CT molecular complexity index is 602. The molecule has 1 N–H and O–H groups in total. The number of likely N-dealkylation sites (N-methyl/N-ethyl adjacent to an activating group) is 1. The number of hydrogen-bond donors (Lipinski definition) is 1. The molecular formula is C14H17ClF3N3O2. The van der Waals surface area contributed by atoms with Gasteiger partial charge in [0.1, 0.15) is 5.69 Å². The molecule has 23 heavy (non-hydrogen) atoms. The Morgan fingerprint density at radius 2 is 2.04 bits per heavy atom. The molecule has 1 aliphatic carbocycles. The lowest BCUT2D eigenvalue weighted by atomic mass is 10.1. The second-order valence-corrected chi connectivity index (χ2v) is 6.26. The lowest BCUT2D eigenvalue weighted by molar-refractivity contribution is -0.384. The molecule has 0 saturated heterocycles. The maximum Gasteiger partial charge on any atom is 0.418 e. The van der Waals surface area contributed by atoms with Crippen LogP contribution in [0.2, 0.25) is 5.02 Å². The molecule has 1 atom stereocenters. The molecule has 1 saturated carbocycles. The van der Waals surface area contributed by atoms with Crippen LogP contribution in [0, 0.1) is 16.0 Å². The number of halogens is 4. The molecule has 0 radical (unpaired) electrons. The van der Waals surface area contributed by atoms with Crippen LogP contribution in [-0.2, 0) is 6.18 Å². The van der Waals surface area contributed by atoms with Crippen molar-refractivity contribution in [1.82, 2.24) is 4.90 Å². The van der Waals surface area contributed by atoms with Crippen molar-refractivity contribution in [3.05, 3.63) is 32.8 Å². The first-order valence-electron chi connectivity index (χ1n) is 7.06. The van der Waals surface area contributed by atoms with Crippen molar-refractivity contribution in [3.63, 3.8) is 0 Å². The zero-order chi connectivity index (χ0) is 17.4. The molecule has 1 unspecified atom stereocenters. The average Bonchev–Trinajstić information content (AvgIpc) is 3.21. The third-order valence-electron chi connectivity index (χ3n) is 3.92. The van der Waals surface area contributed by atoms with Gasteiger partial charge >= 0.3 is 6.18 Å². The third-order valence-corrected chi connectivity index (χ3v) is 4.23. The van der Waals surface area contributed by atoms with Crippen LogP contribution < -0.4 is 5.32 Å². The van der Waals surface area contributed by atoms with Gasteiger partial charge < -0.3 is 10.2 Å². The van der Waals surface area contributed by atoms with Crippen molar-refractivity contribution >= 4 is 23.0 Å². The van der Waals surface area contributed by atoms with Gasteiger partial charge in [-0.2, -0.15) is 13.2 Å². The minimum absolute atomic E-state index is 0.000463. The van der Waals surface area contributed by atoms with E-state index in [1.807, 2.05) is 19.0 Å². The van der Waals surface area contributed by atoms with Crippen molar-refractivity contribution in [1.29, 1.82) is 0 Å². The molecule has 1 aliphatic rings. The van der Waals surface area contributed by atoms with E-state index in [2.05, 4.69) is 5.32 Å². The first kappa shape index (κ1) is 17.8. The van der Waals surface area contributed by atoms with E-state index in [1.165, 1.54) is 0 Å². The highest BCUT2D eigenvalue weighted by molar-refractivity contribution is 6.31. The van der Waals surface area contributed by atoms with E-state index in [0.29, 0.717) is 18.5 Å². The fraction of sp³-hybridized carbons (Fsp3) is 0.571. The summed E-state index contributed by atoms with van der Waals surface area (Å²) in [5, 5.41) is 13.4. The molecular weight excluding hydrogens is 335 g/mol. The normalized spacial score (nSPS) is 16.5. The Kier molecular flexibility index (Phi) is 5.05. The summed E-state index contributed by atoms with van der Waals surface area (Å²) < 4.78 is 38.5. The summed E-state index contributed by atoms with van der Waals surface area (Å²) >= 11 is 5.65. The van der Waals surface area contributed by atoms with Crippen molar-refractivity contribution < 1.29 is 18.1 Å². The Morgan fingerprint density at radius 3 is 2.48 bits per heavy atom. The molecule has 0 bridgehead atoms. The van der Waals surface area contributed by atoms with Gasteiger partial charge in [-0.1, -0.05) is 11.6 Å². The number of rotatable bonds is 6. The first-order chi connectivity index (χ1) is 10.6. The van der Waals surface area contributed by atoms with E-state index in [4.69, 9.17) is 11.6 Å². The number of nitrogens with zero attached hydrogens (tertiary/aromatic N) is 2. The largest absolute Gasteiger partial charge is 0.418 e. The van der Waals surface area contributed by atoms with E-state index in [1.54, 1.807) is 0 Å². The summed E-state index contributed by atoms with van der Waals surface area (Å²) in [6, 6.07) is 1.62. The Balaban J connectivity index is 2.27. The maximum atomic E-state index is 12.8. The van der Waals surface area contributed by atoms with Crippen LogP contribution in [-0.4, -0.2) is 36.5 Å². The van der Waals surface area contributed by atoms with E-state index in [-0.39, 0.29) is 11.7 Å². The zero-order valence-electron chi connectivity index (χ0n) is 12.7. The standard InChI is InChI=1S/C14H17ClF3N3O2/c1-20(2)13(8-3-4-8)7-19-11-6-10(15)9(14(16,17)18)5-12(11)21(22)23/h5-6,8,13,19H,3-4,7H2,1-2H3. The predicted molar refractivity (Wildman–Crippen MR) is 81.8 cm³/mol. The van der Waals surface area contributed by atoms with Crippen LogP contribution in [0.3, 0.4) is 0 Å². The number of nitro benzene ring substituents is 1. The molecule has 5 nitrogen and oxygen atoms in total. The minimum atomic E-state index is -4.74. The van der Waals surface area contributed by atoms with Gasteiger partial charge in [-0.15, -0.1) is 0 Å². The number of alkyl halides is 3. The molecule has 9 heteroatoms. The zero-order valence-corrected chi connectivity index (χ0v) is 13.4. The van der Waals surface area contributed by atoms with Crippen LogP contribution in [0.15, 0.2) is 12.1 Å². The molecule has 0 amide bonds. The lowest BCUT2D eigenvalue weighted by Crippen LogP contribution is -2.36. The SMILES string of the molecule is CN(C)C(CNc1cc(Cl)c(C(F)(F)F)cc1[N+](=O)[O-])C1CC1. The molecule has 1 fully saturated rings. The Hall–Kier alpha value is -1.54. The van der Waals surface area contributed by atoms with Gasteiger partial charge in [0.15, 0.2) is 0 Å². The highest BCUT2D eigenvalue weighted by Gasteiger charge is 2.37. The van der Waals surface area contributed by atoms with E-state index in [9.17, 15) is 23.3 Å². The van der Waals surface area contributed by atoms with Gasteiger partial charge in [-0.05, 0) is 38.9 Å². The van der Waals surface area contributed by atoms with Crippen LogP contribution in [0.25, 0.3) is 0 Å². The lowest BCUT2D eigenvalue weighted by Gasteiger charge is -2.25. The third kappa shape index (κ3) is 4.26. The van der Waals surface area contributed by atoms with Crippen molar-refractivity contribution in [2.75, 3.05) is 26.0 Å². The Labute approximate surface area is 136 Å². The fourth-order valence-electron chi connectivity index (χ4n) is 2.54. The van der Waals surface area contributed by atoms with Gasteiger partial charge in [0.25, 0.3) is 5.69 Å². The molecule has 0 aliphatic heterocycles. The first-order valence-corrected chi connectivity index (χ1v) is 7.44. The van der Waals surface area contributed by atoms with E-state index in [0.717, 1.165) is 18.9 Å². The second-order valence-electron chi connectivity index (χ2n) is 5.85. The average molecular weight is 352 g/mol. The molecule has 2 rings (SSSR count). The van der Waals surface area contributed by atoms with E-state index < -0.39 is 27.4 Å². The van der Waals surface area contributed by atoms with Crippen LogP contribution in [0.1, 0.15) is 18.4 Å². The van der Waals surface area contributed by atoms with Gasteiger partial charge in [-0.3, -0.25) is 10.1 Å². The summed E-state index contributed by atoms with van der Waals surface area (Å²) in [7, 11) is 3.80. The van der Waals surface area contributed by atoms with Crippen molar-refractivity contribution in [3.8, 4) is 0 Å². The maximum absolute atomic E-state index is 12.8. The molecule has 0 heterocycles. The molecule has 1 aromatic rings. The van der Waals surface area contributed by atoms with Crippen LogP contribution in [0.4, 0.5) is 24.5 Å². The monoisotopic (exact) mass is 351 g/mol. The van der Waals surface area contributed by atoms with Gasteiger partial charge in [0.05, 0.1) is 15.5 Å². The van der Waals surface area contributed by atoms with Crippen molar-refractivity contribution in [2.45, 2.75) is 25.1 Å². The smallest absolute Gasteiger partial charge is 0.378 e. The molecule has 0 spiro atoms. The minimum Gasteiger partial charge on any atom is -0.378 e. The molecule has 1 aromatic carbocycles. The van der Waals surface area contributed by atoms with Crippen molar-refractivity contribution in [2.24, 2.45) is 5.92 Å². The summed E-state index contributed by atoms with van der Waals surface area (Å²) in [6.07, 6.45) is -2.57. The van der Waals surface area contributed by atoms with Gasteiger partial charge in [0.2, 0.25) is 0 Å². The highest BCUT2D eigenvalue weighted by atomic mass is 35.5. The predicted octanol–water partition coefficient (Wildman–Crippen LogP) is 4.02. The van der Waals surface area contributed by atoms with Gasteiger partial charge in [-0.25, -0.2) is 0 Å². The number of nitrogens with one attached hydrogen (secondary N) is 1.